The monoisotopic (exact) mass is 230 g/mol. The van der Waals surface area contributed by atoms with Crippen LogP contribution in [-0.4, -0.2) is 22.5 Å². The van der Waals surface area contributed by atoms with Crippen LogP contribution in [0.15, 0.2) is 37.8 Å². The third-order valence-corrected chi connectivity index (χ3v) is 1.89. The molecule has 0 aromatic rings. The lowest BCUT2D eigenvalue weighted by atomic mass is 10.4. The van der Waals surface area contributed by atoms with Gasteiger partial charge in [0.2, 0.25) is 0 Å². The van der Waals surface area contributed by atoms with Gasteiger partial charge in [-0.3, -0.25) is 0 Å². The molecular formula is C9H15BrN2. The predicted molar refractivity (Wildman–Crippen MR) is 57.9 cm³/mol. The Kier molecular flexibility index (Phi) is 4.74. The van der Waals surface area contributed by atoms with E-state index in [-0.39, 0.29) is 17.0 Å². The second-order valence-electron chi connectivity index (χ2n) is 2.55. The maximum absolute atomic E-state index is 3.71. The minimum atomic E-state index is 0. The number of rotatable bonds is 3. The van der Waals surface area contributed by atoms with E-state index in [9.17, 15) is 0 Å². The molecule has 1 atom stereocenters. The van der Waals surface area contributed by atoms with E-state index in [1.165, 1.54) is 0 Å². The summed E-state index contributed by atoms with van der Waals surface area (Å²) in [5.74, 6) is 0. The van der Waals surface area contributed by atoms with Crippen LogP contribution in [0.1, 0.15) is 6.92 Å². The Balaban J connectivity index is 0.00000121. The Morgan fingerprint density at radius 3 is 2.50 bits per heavy atom. The largest absolute Gasteiger partial charge is 0.352 e. The van der Waals surface area contributed by atoms with Gasteiger partial charge in [-0.15, -0.1) is 23.6 Å². The van der Waals surface area contributed by atoms with E-state index >= 15 is 0 Å². The summed E-state index contributed by atoms with van der Waals surface area (Å²) in [7, 11) is 0. The average Bonchev–Trinajstić information content (AvgIpc) is 2.34. The highest BCUT2D eigenvalue weighted by atomic mass is 79.9. The summed E-state index contributed by atoms with van der Waals surface area (Å²) in [6, 6.07) is 0. The first-order chi connectivity index (χ1) is 5.29. The zero-order chi connectivity index (χ0) is 8.27. The highest BCUT2D eigenvalue weighted by molar-refractivity contribution is 8.93. The van der Waals surface area contributed by atoms with Crippen LogP contribution in [-0.2, 0) is 0 Å². The van der Waals surface area contributed by atoms with Crippen molar-refractivity contribution in [3.05, 3.63) is 37.8 Å². The summed E-state index contributed by atoms with van der Waals surface area (Å²) in [6.07, 6.45) is 8.16. The molecule has 68 valence electrons. The second kappa shape index (κ2) is 5.04. The van der Waals surface area contributed by atoms with Crippen LogP contribution in [0.4, 0.5) is 0 Å². The molecule has 0 N–H and O–H groups in total. The van der Waals surface area contributed by atoms with Crippen molar-refractivity contribution in [3.8, 4) is 0 Å². The summed E-state index contributed by atoms with van der Waals surface area (Å²) < 4.78 is 0. The van der Waals surface area contributed by atoms with Gasteiger partial charge in [-0.1, -0.05) is 12.7 Å². The van der Waals surface area contributed by atoms with Gasteiger partial charge in [0.25, 0.3) is 0 Å². The Bertz CT molecular complexity index is 189. The molecular weight excluding hydrogens is 216 g/mol. The van der Waals surface area contributed by atoms with Crippen LogP contribution < -0.4 is 0 Å². The third kappa shape index (κ3) is 2.14. The first kappa shape index (κ1) is 11.3. The number of hydrogen-bond donors (Lipinski definition) is 0. The van der Waals surface area contributed by atoms with Gasteiger partial charge in [-0.25, -0.2) is 0 Å². The van der Waals surface area contributed by atoms with E-state index in [1.807, 2.05) is 24.7 Å². The molecule has 1 heterocycles. The first-order valence-electron chi connectivity index (χ1n) is 3.74. The molecule has 0 saturated heterocycles. The standard InChI is InChI=1S/C9H14N2.BrH/c1-4-6-11-8-7-10(5-2)9(11)3;/h4-5,7-9H,1-2,6H2,3H3;1H. The van der Waals surface area contributed by atoms with Gasteiger partial charge >= 0.3 is 0 Å². The Morgan fingerprint density at radius 1 is 1.42 bits per heavy atom. The number of halogens is 1. The van der Waals surface area contributed by atoms with E-state index in [1.54, 1.807) is 0 Å². The molecule has 2 nitrogen and oxygen atoms in total. The fraction of sp³-hybridized carbons (Fsp3) is 0.333. The highest BCUT2D eigenvalue weighted by Gasteiger charge is 2.17. The molecule has 0 aliphatic carbocycles. The zero-order valence-electron chi connectivity index (χ0n) is 7.31. The van der Waals surface area contributed by atoms with E-state index in [0.717, 1.165) is 6.54 Å². The molecule has 0 fully saturated rings. The van der Waals surface area contributed by atoms with Crippen LogP contribution >= 0.6 is 17.0 Å². The van der Waals surface area contributed by atoms with Gasteiger partial charge in [-0.05, 0) is 13.1 Å². The molecule has 0 aromatic heterocycles. The van der Waals surface area contributed by atoms with Crippen LogP contribution in [0, 0.1) is 0 Å². The summed E-state index contributed by atoms with van der Waals surface area (Å²) in [5.41, 5.74) is 0. The van der Waals surface area contributed by atoms with E-state index in [2.05, 4.69) is 29.9 Å². The number of hydrogen-bond acceptors (Lipinski definition) is 2. The summed E-state index contributed by atoms with van der Waals surface area (Å²) in [4.78, 5) is 4.25. The summed E-state index contributed by atoms with van der Waals surface area (Å²) >= 11 is 0. The Hall–Kier alpha value is -0.700. The molecule has 0 aromatic carbocycles. The van der Waals surface area contributed by atoms with Crippen LogP contribution in [0.5, 0.6) is 0 Å². The van der Waals surface area contributed by atoms with Crippen LogP contribution in [0.3, 0.4) is 0 Å². The molecule has 3 heteroatoms. The van der Waals surface area contributed by atoms with Gasteiger partial charge in [0.05, 0.1) is 0 Å². The van der Waals surface area contributed by atoms with Crippen molar-refractivity contribution in [2.45, 2.75) is 13.1 Å². The number of nitrogens with zero attached hydrogens (tertiary/aromatic N) is 2. The van der Waals surface area contributed by atoms with E-state index < -0.39 is 0 Å². The second-order valence-corrected chi connectivity index (χ2v) is 2.55. The smallest absolute Gasteiger partial charge is 0.102 e. The van der Waals surface area contributed by atoms with Crippen LogP contribution in [0.25, 0.3) is 0 Å². The SMILES string of the molecule is Br.C=CCN1C=CN(C=C)C1C. The summed E-state index contributed by atoms with van der Waals surface area (Å²) in [6.45, 7) is 10.4. The van der Waals surface area contributed by atoms with Crippen molar-refractivity contribution in [1.82, 2.24) is 9.80 Å². The molecule has 1 rings (SSSR count). The Labute approximate surface area is 84.6 Å². The molecule has 0 saturated carbocycles. The van der Waals surface area contributed by atoms with Crippen LogP contribution in [0.2, 0.25) is 0 Å². The van der Waals surface area contributed by atoms with Crippen molar-refractivity contribution in [2.24, 2.45) is 0 Å². The third-order valence-electron chi connectivity index (χ3n) is 1.89. The van der Waals surface area contributed by atoms with Gasteiger partial charge in [0.15, 0.2) is 0 Å². The predicted octanol–water partition coefficient (Wildman–Crippen LogP) is 2.33. The maximum Gasteiger partial charge on any atom is 0.102 e. The average molecular weight is 231 g/mol. The van der Waals surface area contributed by atoms with E-state index in [0.29, 0.717) is 6.17 Å². The van der Waals surface area contributed by atoms with Gasteiger partial charge in [0, 0.05) is 18.9 Å². The molecule has 0 amide bonds. The fourth-order valence-corrected chi connectivity index (χ4v) is 1.16. The van der Waals surface area contributed by atoms with Gasteiger partial charge < -0.3 is 9.80 Å². The topological polar surface area (TPSA) is 6.48 Å². The minimum Gasteiger partial charge on any atom is -0.352 e. The normalized spacial score (nSPS) is 20.6. The molecule has 0 bridgehead atoms. The van der Waals surface area contributed by atoms with E-state index in [4.69, 9.17) is 0 Å². The van der Waals surface area contributed by atoms with Crippen molar-refractivity contribution in [1.29, 1.82) is 0 Å². The molecule has 1 aliphatic rings. The molecule has 1 aliphatic heterocycles. The maximum atomic E-state index is 3.71. The minimum absolute atomic E-state index is 0. The molecule has 12 heavy (non-hydrogen) atoms. The van der Waals surface area contributed by atoms with Crippen molar-refractivity contribution >= 4 is 17.0 Å². The molecule has 0 radical (unpaired) electrons. The molecule has 1 unspecified atom stereocenters. The highest BCUT2D eigenvalue weighted by Crippen LogP contribution is 2.14. The molecule has 0 spiro atoms. The Morgan fingerprint density at radius 2 is 2.08 bits per heavy atom. The lowest BCUT2D eigenvalue weighted by molar-refractivity contribution is 0.229. The fourth-order valence-electron chi connectivity index (χ4n) is 1.16. The van der Waals surface area contributed by atoms with Gasteiger partial charge in [-0.2, -0.15) is 0 Å². The van der Waals surface area contributed by atoms with Gasteiger partial charge in [0.1, 0.15) is 6.17 Å². The first-order valence-corrected chi connectivity index (χ1v) is 3.74. The quantitative estimate of drug-likeness (QED) is 0.688. The van der Waals surface area contributed by atoms with Crippen molar-refractivity contribution < 1.29 is 0 Å². The van der Waals surface area contributed by atoms with Crippen molar-refractivity contribution in [2.75, 3.05) is 6.54 Å². The lowest BCUT2D eigenvalue weighted by Gasteiger charge is -2.25. The lowest BCUT2D eigenvalue weighted by Crippen LogP contribution is -2.32. The van der Waals surface area contributed by atoms with Crippen molar-refractivity contribution in [3.63, 3.8) is 0 Å². The zero-order valence-corrected chi connectivity index (χ0v) is 9.02. The summed E-state index contributed by atoms with van der Waals surface area (Å²) in [5, 5.41) is 0.